The van der Waals surface area contributed by atoms with E-state index in [1.165, 1.54) is 4.88 Å². The molecule has 0 unspecified atom stereocenters. The predicted octanol–water partition coefficient (Wildman–Crippen LogP) is 3.96. The van der Waals surface area contributed by atoms with Gasteiger partial charge in [-0.3, -0.25) is 5.41 Å². The molecular formula is C14H15BrFN3S. The molecule has 2 aromatic rings. The first-order valence-electron chi connectivity index (χ1n) is 6.14. The minimum atomic E-state index is -0.379. The van der Waals surface area contributed by atoms with Crippen LogP contribution >= 0.6 is 27.3 Å². The Hall–Kier alpha value is -1.40. The van der Waals surface area contributed by atoms with Crippen LogP contribution in [0.1, 0.15) is 17.4 Å². The van der Waals surface area contributed by atoms with Crippen LogP contribution in [0.4, 0.5) is 10.1 Å². The average molecular weight is 356 g/mol. The van der Waals surface area contributed by atoms with E-state index >= 15 is 0 Å². The van der Waals surface area contributed by atoms with Gasteiger partial charge >= 0.3 is 0 Å². The maximum Gasteiger partial charge on any atom is 0.161 e. The Morgan fingerprint density at radius 2 is 2.20 bits per heavy atom. The van der Waals surface area contributed by atoms with Crippen LogP contribution in [-0.2, 0) is 6.54 Å². The van der Waals surface area contributed by atoms with E-state index in [-0.39, 0.29) is 16.1 Å². The van der Waals surface area contributed by atoms with E-state index in [4.69, 9.17) is 11.1 Å². The van der Waals surface area contributed by atoms with Crippen LogP contribution in [0.5, 0.6) is 0 Å². The maximum atomic E-state index is 14.5. The van der Waals surface area contributed by atoms with Crippen LogP contribution in [0, 0.1) is 11.2 Å². The second kappa shape index (κ2) is 6.37. The number of halogens is 2. The molecule has 0 saturated carbocycles. The summed E-state index contributed by atoms with van der Waals surface area (Å²) >= 11 is 4.84. The number of benzene rings is 1. The summed E-state index contributed by atoms with van der Waals surface area (Å²) in [6, 6.07) is 7.36. The van der Waals surface area contributed by atoms with Gasteiger partial charge in [0.2, 0.25) is 0 Å². The molecule has 0 aliphatic carbocycles. The van der Waals surface area contributed by atoms with Gasteiger partial charge in [0, 0.05) is 17.0 Å². The normalized spacial score (nSPS) is 10.6. The van der Waals surface area contributed by atoms with Crippen molar-refractivity contribution < 1.29 is 4.39 Å². The van der Waals surface area contributed by atoms with Crippen molar-refractivity contribution in [1.82, 2.24) is 0 Å². The Kier molecular flexibility index (Phi) is 4.77. The highest BCUT2D eigenvalue weighted by atomic mass is 79.9. The zero-order valence-electron chi connectivity index (χ0n) is 11.0. The highest BCUT2D eigenvalue weighted by molar-refractivity contribution is 9.10. The highest BCUT2D eigenvalue weighted by Gasteiger charge is 2.17. The minimum absolute atomic E-state index is 0.149. The summed E-state index contributed by atoms with van der Waals surface area (Å²) in [6.45, 7) is 3.34. The molecule has 6 heteroatoms. The zero-order valence-corrected chi connectivity index (χ0v) is 13.4. The second-order valence-corrected chi connectivity index (χ2v) is 6.09. The van der Waals surface area contributed by atoms with E-state index in [1.807, 2.05) is 29.3 Å². The summed E-state index contributed by atoms with van der Waals surface area (Å²) in [6.07, 6.45) is 0. The molecule has 0 aliphatic rings. The summed E-state index contributed by atoms with van der Waals surface area (Å²) < 4.78 is 14.7. The molecule has 1 aromatic carbocycles. The zero-order chi connectivity index (χ0) is 14.7. The quantitative estimate of drug-likeness (QED) is 0.629. The third kappa shape index (κ3) is 3.02. The molecular weight excluding hydrogens is 341 g/mol. The Balaban J connectivity index is 2.35. The first-order chi connectivity index (χ1) is 9.54. The number of nitrogen functional groups attached to an aromatic ring is 1. The predicted molar refractivity (Wildman–Crippen MR) is 86.2 cm³/mol. The van der Waals surface area contributed by atoms with Crippen molar-refractivity contribution in [3.8, 4) is 0 Å². The molecule has 0 aliphatic heterocycles. The fourth-order valence-corrected chi connectivity index (χ4v) is 3.22. The molecule has 1 aromatic heterocycles. The lowest BCUT2D eigenvalue weighted by Crippen LogP contribution is -2.23. The number of anilines is 1. The Morgan fingerprint density at radius 1 is 1.45 bits per heavy atom. The van der Waals surface area contributed by atoms with Crippen LogP contribution in [0.25, 0.3) is 0 Å². The number of nitrogens with one attached hydrogen (secondary N) is 1. The van der Waals surface area contributed by atoms with Crippen LogP contribution in [0.3, 0.4) is 0 Å². The van der Waals surface area contributed by atoms with Gasteiger partial charge in [0.05, 0.1) is 16.7 Å². The van der Waals surface area contributed by atoms with Crippen molar-refractivity contribution in [2.75, 3.05) is 11.4 Å². The smallest absolute Gasteiger partial charge is 0.161 e. The molecule has 106 valence electrons. The molecule has 1 heterocycles. The first kappa shape index (κ1) is 15.0. The van der Waals surface area contributed by atoms with Gasteiger partial charge in [-0.25, -0.2) is 4.39 Å². The van der Waals surface area contributed by atoms with Crippen molar-refractivity contribution >= 4 is 38.8 Å². The molecule has 3 N–H and O–H groups in total. The van der Waals surface area contributed by atoms with Crippen LogP contribution in [0.15, 0.2) is 34.1 Å². The number of hydrogen-bond donors (Lipinski definition) is 2. The highest BCUT2D eigenvalue weighted by Crippen LogP contribution is 2.30. The van der Waals surface area contributed by atoms with E-state index in [0.717, 1.165) is 0 Å². The van der Waals surface area contributed by atoms with Gasteiger partial charge in [0.25, 0.3) is 0 Å². The van der Waals surface area contributed by atoms with Crippen molar-refractivity contribution in [3.05, 3.63) is 50.4 Å². The molecule has 0 radical (unpaired) electrons. The van der Waals surface area contributed by atoms with E-state index in [2.05, 4.69) is 15.9 Å². The molecule has 0 saturated heterocycles. The Labute approximate surface area is 129 Å². The number of nitrogens with zero attached hydrogens (tertiary/aromatic N) is 1. The number of amidine groups is 1. The van der Waals surface area contributed by atoms with E-state index in [1.54, 1.807) is 23.5 Å². The first-order valence-corrected chi connectivity index (χ1v) is 7.81. The van der Waals surface area contributed by atoms with Crippen LogP contribution < -0.4 is 10.6 Å². The molecule has 0 fully saturated rings. The molecule has 3 nitrogen and oxygen atoms in total. The summed E-state index contributed by atoms with van der Waals surface area (Å²) in [4.78, 5) is 3.13. The monoisotopic (exact) mass is 355 g/mol. The SMILES string of the molecule is CCN(Cc1cccs1)c1ccc(C(=N)N)c(Br)c1F. The standard InChI is InChI=1S/C14H15BrFN3S/c1-2-19(8-9-4-3-7-20-9)11-6-5-10(14(17)18)12(15)13(11)16/h3-7H,2,8H2,1H3,(H3,17,18). The van der Waals surface area contributed by atoms with Crippen molar-refractivity contribution in [3.63, 3.8) is 0 Å². The van der Waals surface area contributed by atoms with Gasteiger partial charge in [-0.05, 0) is 46.4 Å². The van der Waals surface area contributed by atoms with Crippen molar-refractivity contribution in [2.24, 2.45) is 5.73 Å². The summed E-state index contributed by atoms with van der Waals surface area (Å²) in [5, 5.41) is 9.43. The third-order valence-electron chi connectivity index (χ3n) is 3.00. The molecule has 0 atom stereocenters. The lowest BCUT2D eigenvalue weighted by atomic mass is 10.1. The number of nitrogens with two attached hydrogens (primary N) is 1. The Morgan fingerprint density at radius 3 is 2.75 bits per heavy atom. The lowest BCUT2D eigenvalue weighted by Gasteiger charge is -2.24. The summed E-state index contributed by atoms with van der Waals surface area (Å²) in [5.41, 5.74) is 6.31. The fourth-order valence-electron chi connectivity index (χ4n) is 1.95. The third-order valence-corrected chi connectivity index (χ3v) is 4.64. The second-order valence-electron chi connectivity index (χ2n) is 4.27. The number of rotatable bonds is 5. The largest absolute Gasteiger partial charge is 0.384 e. The van der Waals surface area contributed by atoms with Gasteiger partial charge in [-0.15, -0.1) is 11.3 Å². The molecule has 0 amide bonds. The molecule has 0 bridgehead atoms. The average Bonchev–Trinajstić information content (AvgIpc) is 2.92. The molecule has 20 heavy (non-hydrogen) atoms. The van der Waals surface area contributed by atoms with E-state index < -0.39 is 0 Å². The van der Waals surface area contributed by atoms with Crippen LogP contribution in [0.2, 0.25) is 0 Å². The van der Waals surface area contributed by atoms with E-state index in [0.29, 0.717) is 24.3 Å². The molecule has 0 spiro atoms. The number of thiophene rings is 1. The van der Waals surface area contributed by atoms with Crippen molar-refractivity contribution in [2.45, 2.75) is 13.5 Å². The molecule has 2 rings (SSSR count). The van der Waals surface area contributed by atoms with E-state index in [9.17, 15) is 4.39 Å². The van der Waals surface area contributed by atoms with Gasteiger partial charge in [-0.1, -0.05) is 6.07 Å². The lowest BCUT2D eigenvalue weighted by molar-refractivity contribution is 0.611. The van der Waals surface area contributed by atoms with Gasteiger partial charge in [0.1, 0.15) is 5.84 Å². The fraction of sp³-hybridized carbons (Fsp3) is 0.214. The van der Waals surface area contributed by atoms with Crippen LogP contribution in [-0.4, -0.2) is 12.4 Å². The Bertz CT molecular complexity index is 613. The number of hydrogen-bond acceptors (Lipinski definition) is 3. The van der Waals surface area contributed by atoms with Crippen molar-refractivity contribution in [1.29, 1.82) is 5.41 Å². The summed E-state index contributed by atoms with van der Waals surface area (Å²) in [5.74, 6) is -0.528. The van der Waals surface area contributed by atoms with Gasteiger partial charge in [-0.2, -0.15) is 0 Å². The maximum absolute atomic E-state index is 14.5. The van der Waals surface area contributed by atoms with Gasteiger partial charge in [0.15, 0.2) is 5.82 Å². The van der Waals surface area contributed by atoms with Gasteiger partial charge < -0.3 is 10.6 Å². The minimum Gasteiger partial charge on any atom is -0.384 e. The topological polar surface area (TPSA) is 53.1 Å². The summed E-state index contributed by atoms with van der Waals surface area (Å²) in [7, 11) is 0.